The van der Waals surface area contributed by atoms with Crippen molar-refractivity contribution in [2.24, 2.45) is 10.7 Å². The van der Waals surface area contributed by atoms with Crippen molar-refractivity contribution in [1.82, 2.24) is 0 Å². The molecule has 0 bridgehead atoms. The minimum absolute atomic E-state index is 0.254. The number of halogens is 1. The van der Waals surface area contributed by atoms with E-state index in [0.717, 1.165) is 22.9 Å². The van der Waals surface area contributed by atoms with E-state index in [0.29, 0.717) is 28.0 Å². The Bertz CT molecular complexity index is 880. The number of amides is 1. The number of ether oxygens (including phenoxy) is 2. The van der Waals surface area contributed by atoms with Crippen LogP contribution >= 0.6 is 23.4 Å². The van der Waals surface area contributed by atoms with Crippen molar-refractivity contribution in [2.45, 2.75) is 6.61 Å². The van der Waals surface area contributed by atoms with Gasteiger partial charge in [0, 0.05) is 5.02 Å². The Kier molecular flexibility index (Phi) is 5.31. The lowest BCUT2D eigenvalue weighted by molar-refractivity contribution is -0.113. The van der Waals surface area contributed by atoms with Gasteiger partial charge in [-0.05, 0) is 53.2 Å². The van der Waals surface area contributed by atoms with E-state index >= 15 is 0 Å². The summed E-state index contributed by atoms with van der Waals surface area (Å²) in [5, 5.41) is 0.917. The number of rotatable bonds is 5. The number of nitrogens with zero attached hydrogens (tertiary/aromatic N) is 1. The molecule has 0 aliphatic carbocycles. The Labute approximate surface area is 154 Å². The lowest BCUT2D eigenvalue weighted by Gasteiger charge is -2.11. The standard InChI is InChI=1S/C18H15ClN2O3S/c1-23-15-8-11(9-16-17(22)21-18(20)25-16)5-6-14(15)24-10-12-3-2-4-13(19)7-12/h2-9H,10H2,1H3,(H2,20,21,22). The predicted molar refractivity (Wildman–Crippen MR) is 101 cm³/mol. The first-order chi connectivity index (χ1) is 12.0. The van der Waals surface area contributed by atoms with Crippen molar-refractivity contribution in [2.75, 3.05) is 7.11 Å². The van der Waals surface area contributed by atoms with Crippen molar-refractivity contribution >= 4 is 40.5 Å². The first kappa shape index (κ1) is 17.4. The summed E-state index contributed by atoms with van der Waals surface area (Å²) in [6.45, 7) is 0.371. The largest absolute Gasteiger partial charge is 0.493 e. The number of hydrogen-bond acceptors (Lipinski definition) is 5. The topological polar surface area (TPSA) is 73.9 Å². The van der Waals surface area contributed by atoms with Crippen LogP contribution in [0.2, 0.25) is 5.02 Å². The fourth-order valence-corrected chi connectivity index (χ4v) is 3.15. The number of amidine groups is 1. The molecule has 3 rings (SSSR count). The second-order valence-electron chi connectivity index (χ2n) is 5.19. The average Bonchev–Trinajstić information content (AvgIpc) is 2.91. The molecule has 0 unspecified atom stereocenters. The summed E-state index contributed by atoms with van der Waals surface area (Å²) in [5.41, 5.74) is 7.31. The first-order valence-electron chi connectivity index (χ1n) is 7.38. The lowest BCUT2D eigenvalue weighted by Crippen LogP contribution is -2.01. The van der Waals surface area contributed by atoms with Gasteiger partial charge in [-0.1, -0.05) is 29.8 Å². The molecule has 1 aliphatic rings. The fourth-order valence-electron chi connectivity index (χ4n) is 2.26. The summed E-state index contributed by atoms with van der Waals surface area (Å²) < 4.78 is 11.2. The minimum atomic E-state index is -0.331. The number of hydrogen-bond donors (Lipinski definition) is 1. The molecule has 0 atom stereocenters. The van der Waals surface area contributed by atoms with Gasteiger partial charge < -0.3 is 15.2 Å². The van der Waals surface area contributed by atoms with E-state index in [1.54, 1.807) is 25.3 Å². The second kappa shape index (κ2) is 7.63. The third-order valence-corrected chi connectivity index (χ3v) is 4.45. The van der Waals surface area contributed by atoms with Gasteiger partial charge in [0.2, 0.25) is 0 Å². The smallest absolute Gasteiger partial charge is 0.286 e. The van der Waals surface area contributed by atoms with Crippen LogP contribution in [0.5, 0.6) is 11.5 Å². The second-order valence-corrected chi connectivity index (χ2v) is 6.69. The number of carbonyl (C=O) groups is 1. The number of methoxy groups -OCH3 is 1. The third-order valence-electron chi connectivity index (χ3n) is 3.41. The van der Waals surface area contributed by atoms with E-state index in [9.17, 15) is 4.79 Å². The van der Waals surface area contributed by atoms with Crippen molar-refractivity contribution < 1.29 is 14.3 Å². The average molecular weight is 375 g/mol. The molecule has 5 nitrogen and oxygen atoms in total. The zero-order chi connectivity index (χ0) is 17.8. The van der Waals surface area contributed by atoms with Gasteiger partial charge >= 0.3 is 0 Å². The molecule has 128 valence electrons. The molecular weight excluding hydrogens is 360 g/mol. The molecule has 7 heteroatoms. The molecule has 0 saturated heterocycles. The highest BCUT2D eigenvalue weighted by Crippen LogP contribution is 2.32. The Hall–Kier alpha value is -2.44. The first-order valence-corrected chi connectivity index (χ1v) is 8.58. The van der Waals surface area contributed by atoms with Gasteiger partial charge in [-0.15, -0.1) is 0 Å². The highest BCUT2D eigenvalue weighted by Gasteiger charge is 2.19. The van der Waals surface area contributed by atoms with Crippen molar-refractivity contribution in [1.29, 1.82) is 0 Å². The normalized spacial score (nSPS) is 15.4. The number of benzene rings is 2. The molecule has 0 fully saturated rings. The van der Waals surface area contributed by atoms with Gasteiger partial charge in [0.25, 0.3) is 5.91 Å². The summed E-state index contributed by atoms with van der Waals surface area (Å²) in [6, 6.07) is 12.9. The van der Waals surface area contributed by atoms with Crippen LogP contribution in [-0.4, -0.2) is 18.2 Å². The van der Waals surface area contributed by atoms with Gasteiger partial charge in [0.15, 0.2) is 16.7 Å². The molecule has 1 aliphatic heterocycles. The van der Waals surface area contributed by atoms with E-state index in [1.165, 1.54) is 0 Å². The highest BCUT2D eigenvalue weighted by molar-refractivity contribution is 8.18. The number of carbonyl (C=O) groups excluding carboxylic acids is 1. The molecule has 1 heterocycles. The van der Waals surface area contributed by atoms with E-state index in [2.05, 4.69) is 4.99 Å². The molecule has 0 spiro atoms. The lowest BCUT2D eigenvalue weighted by atomic mass is 10.2. The summed E-state index contributed by atoms with van der Waals surface area (Å²) in [5.74, 6) is 0.842. The van der Waals surface area contributed by atoms with Crippen molar-refractivity contribution in [3.05, 3.63) is 63.5 Å². The van der Waals surface area contributed by atoms with Crippen molar-refractivity contribution in [3.8, 4) is 11.5 Å². The molecule has 0 radical (unpaired) electrons. The Morgan fingerprint density at radius 2 is 2.08 bits per heavy atom. The number of thioether (sulfide) groups is 1. The minimum Gasteiger partial charge on any atom is -0.493 e. The summed E-state index contributed by atoms with van der Waals surface area (Å²) in [7, 11) is 1.56. The Morgan fingerprint density at radius 3 is 2.76 bits per heavy atom. The van der Waals surface area contributed by atoms with E-state index in [4.69, 9.17) is 26.8 Å². The summed E-state index contributed by atoms with van der Waals surface area (Å²) in [6.07, 6.45) is 1.72. The van der Waals surface area contributed by atoms with Crippen LogP contribution in [0, 0.1) is 0 Å². The van der Waals surface area contributed by atoms with Crippen LogP contribution in [0.3, 0.4) is 0 Å². The Morgan fingerprint density at radius 1 is 1.24 bits per heavy atom. The molecular formula is C18H15ClN2O3S. The summed E-state index contributed by atoms with van der Waals surface area (Å²) >= 11 is 7.12. The quantitative estimate of drug-likeness (QED) is 0.804. The number of nitrogens with two attached hydrogens (primary N) is 1. The maximum atomic E-state index is 11.7. The predicted octanol–water partition coefficient (Wildman–Crippen LogP) is 3.86. The summed E-state index contributed by atoms with van der Waals surface area (Å²) in [4.78, 5) is 15.8. The van der Waals surface area contributed by atoms with Gasteiger partial charge in [-0.2, -0.15) is 4.99 Å². The molecule has 0 aromatic heterocycles. The van der Waals surface area contributed by atoms with Crippen LogP contribution in [0.25, 0.3) is 6.08 Å². The number of aliphatic imine (C=N–C) groups is 1. The zero-order valence-electron chi connectivity index (χ0n) is 13.4. The van der Waals surface area contributed by atoms with Crippen LogP contribution in [-0.2, 0) is 11.4 Å². The van der Waals surface area contributed by atoms with Gasteiger partial charge in [0.05, 0.1) is 12.0 Å². The Balaban J connectivity index is 1.76. The monoisotopic (exact) mass is 374 g/mol. The van der Waals surface area contributed by atoms with Crippen molar-refractivity contribution in [3.63, 3.8) is 0 Å². The zero-order valence-corrected chi connectivity index (χ0v) is 14.9. The van der Waals surface area contributed by atoms with Gasteiger partial charge in [-0.3, -0.25) is 4.79 Å². The molecule has 25 heavy (non-hydrogen) atoms. The molecule has 1 amide bonds. The highest BCUT2D eigenvalue weighted by atomic mass is 35.5. The molecule has 2 N–H and O–H groups in total. The molecule has 2 aromatic rings. The van der Waals surface area contributed by atoms with Crippen LogP contribution in [0.4, 0.5) is 0 Å². The third kappa shape index (κ3) is 4.35. The fraction of sp³-hybridized carbons (Fsp3) is 0.111. The van der Waals surface area contributed by atoms with Crippen LogP contribution < -0.4 is 15.2 Å². The van der Waals surface area contributed by atoms with E-state index in [1.807, 2.05) is 30.3 Å². The molecule has 2 aromatic carbocycles. The van der Waals surface area contributed by atoms with Gasteiger partial charge in [0.1, 0.15) is 6.61 Å². The van der Waals surface area contributed by atoms with Crippen LogP contribution in [0.1, 0.15) is 11.1 Å². The van der Waals surface area contributed by atoms with E-state index < -0.39 is 0 Å². The maximum absolute atomic E-state index is 11.7. The van der Waals surface area contributed by atoms with E-state index in [-0.39, 0.29) is 11.1 Å². The van der Waals surface area contributed by atoms with Gasteiger partial charge in [-0.25, -0.2) is 0 Å². The SMILES string of the molecule is COc1cc(C=C2SC(N)=NC2=O)ccc1OCc1cccc(Cl)c1. The molecule has 0 saturated carbocycles. The maximum Gasteiger partial charge on any atom is 0.286 e. The van der Waals surface area contributed by atoms with Crippen LogP contribution in [0.15, 0.2) is 52.4 Å².